The molecule has 0 spiro atoms. The minimum Gasteiger partial charge on any atom is -0.478 e. The molecule has 1 fully saturated rings. The predicted molar refractivity (Wildman–Crippen MR) is 90.7 cm³/mol. The molecule has 1 atom stereocenters. The van der Waals surface area contributed by atoms with Gasteiger partial charge in [-0.2, -0.15) is 0 Å². The summed E-state index contributed by atoms with van der Waals surface area (Å²) in [5, 5.41) is 10.1. The zero-order chi connectivity index (χ0) is 16.5. The fraction of sp³-hybridized carbons (Fsp3) is 0.263. The van der Waals surface area contributed by atoms with E-state index in [1.165, 1.54) is 5.56 Å². The van der Waals surface area contributed by atoms with Gasteiger partial charge >= 0.3 is 5.97 Å². The molecule has 4 rings (SSSR count). The van der Waals surface area contributed by atoms with Crippen molar-refractivity contribution in [2.24, 2.45) is 0 Å². The van der Waals surface area contributed by atoms with Gasteiger partial charge in [0.15, 0.2) is 0 Å². The molecule has 5 heteroatoms. The van der Waals surface area contributed by atoms with E-state index < -0.39 is 5.97 Å². The lowest BCUT2D eigenvalue weighted by Crippen LogP contribution is -2.09. The molecular weight excluding hydrogens is 304 g/mol. The van der Waals surface area contributed by atoms with Crippen LogP contribution in [0.1, 0.15) is 28.8 Å². The van der Waals surface area contributed by atoms with E-state index in [1.54, 1.807) is 24.3 Å². The zero-order valence-electron chi connectivity index (χ0n) is 13.2. The summed E-state index contributed by atoms with van der Waals surface area (Å²) in [6.07, 6.45) is 7.35. The van der Waals surface area contributed by atoms with E-state index in [0.717, 1.165) is 42.6 Å². The van der Waals surface area contributed by atoms with E-state index in [0.29, 0.717) is 6.10 Å². The summed E-state index contributed by atoms with van der Waals surface area (Å²) in [5.41, 5.74) is 3.24. The normalized spacial score (nSPS) is 17.4. The first-order valence-electron chi connectivity index (χ1n) is 8.12. The molecule has 1 aliphatic heterocycles. The SMILES string of the molecule is O=C(O)c1ccc(-n2ccc3cc(CC4CCCO4)cnc32)cc1. The maximum Gasteiger partial charge on any atom is 0.335 e. The number of rotatable bonds is 4. The van der Waals surface area contributed by atoms with Crippen molar-refractivity contribution in [2.45, 2.75) is 25.4 Å². The third-order valence-electron chi connectivity index (χ3n) is 4.46. The standard InChI is InChI=1S/C19H18N2O3/c22-19(23)14-3-5-16(6-4-14)21-8-7-15-10-13(12-20-18(15)21)11-17-2-1-9-24-17/h3-8,10,12,17H,1-2,9,11H2,(H,22,23). The minimum atomic E-state index is -0.921. The molecule has 122 valence electrons. The number of benzene rings is 1. The Morgan fingerprint density at radius 1 is 1.29 bits per heavy atom. The molecule has 0 amide bonds. The first-order valence-corrected chi connectivity index (χ1v) is 8.12. The summed E-state index contributed by atoms with van der Waals surface area (Å²) in [7, 11) is 0. The number of aromatic nitrogens is 2. The number of hydrogen-bond donors (Lipinski definition) is 1. The third kappa shape index (κ3) is 2.78. The van der Waals surface area contributed by atoms with Gasteiger partial charge in [0.05, 0.1) is 11.7 Å². The quantitative estimate of drug-likeness (QED) is 0.799. The number of nitrogens with zero attached hydrogens (tertiary/aromatic N) is 2. The minimum absolute atomic E-state index is 0.280. The Morgan fingerprint density at radius 3 is 2.83 bits per heavy atom. The van der Waals surface area contributed by atoms with Gasteiger partial charge in [-0.25, -0.2) is 9.78 Å². The number of carbonyl (C=O) groups is 1. The van der Waals surface area contributed by atoms with Crippen LogP contribution >= 0.6 is 0 Å². The third-order valence-corrected chi connectivity index (χ3v) is 4.46. The van der Waals surface area contributed by atoms with Crippen molar-refractivity contribution in [3.05, 3.63) is 59.9 Å². The lowest BCUT2D eigenvalue weighted by Gasteiger charge is -2.09. The Labute approximate surface area is 139 Å². The second kappa shape index (κ2) is 6.09. The van der Waals surface area contributed by atoms with E-state index in [4.69, 9.17) is 9.84 Å². The van der Waals surface area contributed by atoms with Gasteiger partial charge in [-0.1, -0.05) is 0 Å². The molecule has 0 aliphatic carbocycles. The summed E-state index contributed by atoms with van der Waals surface area (Å²) in [6.45, 7) is 0.864. The van der Waals surface area contributed by atoms with Crippen LogP contribution in [0.25, 0.3) is 16.7 Å². The van der Waals surface area contributed by atoms with Gasteiger partial charge in [-0.3, -0.25) is 0 Å². The lowest BCUT2D eigenvalue weighted by atomic mass is 10.1. The number of pyridine rings is 1. The van der Waals surface area contributed by atoms with Crippen molar-refractivity contribution < 1.29 is 14.6 Å². The molecule has 5 nitrogen and oxygen atoms in total. The fourth-order valence-corrected chi connectivity index (χ4v) is 3.22. The maximum absolute atomic E-state index is 11.0. The molecule has 1 aromatic carbocycles. The van der Waals surface area contributed by atoms with E-state index >= 15 is 0 Å². The van der Waals surface area contributed by atoms with Gasteiger partial charge in [0.2, 0.25) is 0 Å². The molecule has 3 heterocycles. The average Bonchev–Trinajstić information content (AvgIpc) is 3.24. The molecule has 3 aromatic rings. The summed E-state index contributed by atoms with van der Waals surface area (Å²) < 4.78 is 7.66. The number of carboxylic acids is 1. The molecule has 1 aliphatic rings. The Bertz CT molecular complexity index is 877. The van der Waals surface area contributed by atoms with Crippen molar-refractivity contribution in [1.82, 2.24) is 9.55 Å². The number of carboxylic acid groups (broad SMARTS) is 1. The number of ether oxygens (including phenoxy) is 1. The second-order valence-corrected chi connectivity index (χ2v) is 6.13. The molecule has 1 N–H and O–H groups in total. The number of aromatic carboxylic acids is 1. The van der Waals surface area contributed by atoms with Crippen molar-refractivity contribution in [2.75, 3.05) is 6.61 Å². The highest BCUT2D eigenvalue weighted by Crippen LogP contribution is 2.22. The van der Waals surface area contributed by atoms with Gasteiger partial charge in [0.1, 0.15) is 5.65 Å². The Balaban J connectivity index is 1.63. The smallest absolute Gasteiger partial charge is 0.335 e. The van der Waals surface area contributed by atoms with Crippen molar-refractivity contribution in [3.8, 4) is 5.69 Å². The van der Waals surface area contributed by atoms with Crippen LogP contribution in [0.2, 0.25) is 0 Å². The van der Waals surface area contributed by atoms with E-state index in [2.05, 4.69) is 11.1 Å². The topological polar surface area (TPSA) is 64.3 Å². The zero-order valence-corrected chi connectivity index (χ0v) is 13.2. The van der Waals surface area contributed by atoms with Crippen LogP contribution < -0.4 is 0 Å². The van der Waals surface area contributed by atoms with Gasteiger partial charge in [-0.05, 0) is 54.8 Å². The first-order chi connectivity index (χ1) is 11.7. The number of fused-ring (bicyclic) bond motifs is 1. The van der Waals surface area contributed by atoms with E-state index in [1.807, 2.05) is 23.0 Å². The van der Waals surface area contributed by atoms with Crippen molar-refractivity contribution >= 4 is 17.0 Å². The summed E-state index contributed by atoms with van der Waals surface area (Å²) in [6, 6.07) is 11.0. The van der Waals surface area contributed by atoms with Crippen LogP contribution in [-0.2, 0) is 11.2 Å². The summed E-state index contributed by atoms with van der Waals surface area (Å²) >= 11 is 0. The predicted octanol–water partition coefficient (Wildman–Crippen LogP) is 3.45. The van der Waals surface area contributed by atoms with E-state index in [9.17, 15) is 4.79 Å². The summed E-state index contributed by atoms with van der Waals surface area (Å²) in [4.78, 5) is 15.6. The van der Waals surface area contributed by atoms with Crippen LogP contribution in [0.3, 0.4) is 0 Å². The van der Waals surface area contributed by atoms with Crippen LogP contribution in [0.4, 0.5) is 0 Å². The van der Waals surface area contributed by atoms with Crippen LogP contribution in [0.5, 0.6) is 0 Å². The largest absolute Gasteiger partial charge is 0.478 e. The Morgan fingerprint density at radius 2 is 2.12 bits per heavy atom. The van der Waals surface area contributed by atoms with Crippen LogP contribution in [0, 0.1) is 0 Å². The van der Waals surface area contributed by atoms with Crippen molar-refractivity contribution in [3.63, 3.8) is 0 Å². The monoisotopic (exact) mass is 322 g/mol. The molecule has 24 heavy (non-hydrogen) atoms. The average molecular weight is 322 g/mol. The van der Waals surface area contributed by atoms with Crippen LogP contribution in [-0.4, -0.2) is 33.3 Å². The highest BCUT2D eigenvalue weighted by atomic mass is 16.5. The van der Waals surface area contributed by atoms with Gasteiger partial charge in [-0.15, -0.1) is 0 Å². The fourth-order valence-electron chi connectivity index (χ4n) is 3.22. The second-order valence-electron chi connectivity index (χ2n) is 6.13. The maximum atomic E-state index is 11.0. The Kier molecular flexibility index (Phi) is 3.78. The lowest BCUT2D eigenvalue weighted by molar-refractivity contribution is 0.0697. The highest BCUT2D eigenvalue weighted by Gasteiger charge is 2.16. The van der Waals surface area contributed by atoms with Gasteiger partial charge in [0.25, 0.3) is 0 Å². The van der Waals surface area contributed by atoms with Gasteiger partial charge in [0, 0.05) is 36.5 Å². The molecule has 0 saturated carbocycles. The van der Waals surface area contributed by atoms with E-state index in [-0.39, 0.29) is 5.56 Å². The first kappa shape index (κ1) is 14.9. The Hall–Kier alpha value is -2.66. The molecule has 1 unspecified atom stereocenters. The number of hydrogen-bond acceptors (Lipinski definition) is 3. The van der Waals surface area contributed by atoms with Crippen molar-refractivity contribution in [1.29, 1.82) is 0 Å². The highest BCUT2D eigenvalue weighted by molar-refractivity contribution is 5.88. The molecule has 0 radical (unpaired) electrons. The van der Waals surface area contributed by atoms with Crippen LogP contribution in [0.15, 0.2) is 48.8 Å². The summed E-state index contributed by atoms with van der Waals surface area (Å²) in [5.74, 6) is -0.921. The molecule has 0 bridgehead atoms. The molecular formula is C19H18N2O3. The van der Waals surface area contributed by atoms with Gasteiger partial charge < -0.3 is 14.4 Å². The molecule has 2 aromatic heterocycles. The molecule has 1 saturated heterocycles.